The van der Waals surface area contributed by atoms with Crippen LogP contribution in [0.25, 0.3) is 10.9 Å². The second-order valence-electron chi connectivity index (χ2n) is 3.00. The molecule has 1 aromatic heterocycles. The minimum atomic E-state index is -0.665. The number of isocyanates is 1. The molecule has 1 heterocycles. The molecule has 0 bridgehead atoms. The lowest BCUT2D eigenvalue weighted by atomic mass is 10.2. The Hall–Kier alpha value is -2.26. The largest absolute Gasteiger partial charge is 0.308 e. The number of aryl methyl sites for hydroxylation is 1. The van der Waals surface area contributed by atoms with Gasteiger partial charge in [-0.3, -0.25) is 9.48 Å². The van der Waals surface area contributed by atoms with E-state index in [0.717, 1.165) is 5.52 Å². The van der Waals surface area contributed by atoms with Crippen molar-refractivity contribution >= 4 is 22.9 Å². The zero-order valence-electron chi connectivity index (χ0n) is 7.97. The van der Waals surface area contributed by atoms with E-state index < -0.39 is 5.91 Å². The summed E-state index contributed by atoms with van der Waals surface area (Å²) >= 11 is 0. The van der Waals surface area contributed by atoms with E-state index in [1.165, 1.54) is 6.08 Å². The molecule has 74 valence electrons. The van der Waals surface area contributed by atoms with Gasteiger partial charge in [-0.15, -0.1) is 4.99 Å². The summed E-state index contributed by atoms with van der Waals surface area (Å²) in [5.74, 6) is -0.665. The van der Waals surface area contributed by atoms with Gasteiger partial charge in [-0.1, -0.05) is 18.2 Å². The Balaban J connectivity index is 2.72. The first-order valence-corrected chi connectivity index (χ1v) is 4.28. The molecule has 5 heteroatoms. The van der Waals surface area contributed by atoms with Crippen LogP contribution in [0, 0.1) is 0 Å². The molecule has 0 unspecified atom stereocenters. The van der Waals surface area contributed by atoms with Crippen LogP contribution in [0.15, 0.2) is 29.3 Å². The third-order valence-corrected chi connectivity index (χ3v) is 2.11. The van der Waals surface area contributed by atoms with Crippen LogP contribution in [0.2, 0.25) is 0 Å². The number of benzene rings is 1. The fraction of sp³-hybridized carbons (Fsp3) is 0.100. The van der Waals surface area contributed by atoms with Crippen molar-refractivity contribution in [3.63, 3.8) is 0 Å². The van der Waals surface area contributed by atoms with Crippen molar-refractivity contribution in [3.8, 4) is 0 Å². The number of carbonyl (C=O) groups excluding carboxylic acids is 2. The molecule has 2 rings (SSSR count). The maximum Gasteiger partial charge on any atom is 0.308 e. The van der Waals surface area contributed by atoms with Crippen LogP contribution in [0.5, 0.6) is 0 Å². The van der Waals surface area contributed by atoms with E-state index >= 15 is 0 Å². The molecule has 1 amide bonds. The first kappa shape index (κ1) is 9.30. The lowest BCUT2D eigenvalue weighted by molar-refractivity contribution is 0.0999. The Bertz CT molecular complexity index is 579. The topological polar surface area (TPSA) is 64.3 Å². The van der Waals surface area contributed by atoms with Gasteiger partial charge in [0.15, 0.2) is 5.69 Å². The molecule has 0 saturated carbocycles. The third kappa shape index (κ3) is 1.45. The Morgan fingerprint density at radius 2 is 2.20 bits per heavy atom. The van der Waals surface area contributed by atoms with Crippen molar-refractivity contribution in [2.75, 3.05) is 0 Å². The zero-order chi connectivity index (χ0) is 10.8. The van der Waals surface area contributed by atoms with Crippen LogP contribution in [-0.2, 0) is 11.8 Å². The highest BCUT2D eigenvalue weighted by Crippen LogP contribution is 2.17. The molecule has 0 spiro atoms. The lowest BCUT2D eigenvalue weighted by Crippen LogP contribution is -1.97. The SMILES string of the molecule is Cn1nc(C(=O)N=C=O)c2ccccc21. The molecule has 0 fully saturated rings. The van der Waals surface area contributed by atoms with E-state index in [1.807, 2.05) is 12.1 Å². The molecule has 0 aliphatic heterocycles. The van der Waals surface area contributed by atoms with Crippen LogP contribution in [-0.4, -0.2) is 21.8 Å². The van der Waals surface area contributed by atoms with Crippen LogP contribution in [0.3, 0.4) is 0 Å². The molecule has 0 atom stereocenters. The van der Waals surface area contributed by atoms with Crippen molar-refractivity contribution in [2.45, 2.75) is 0 Å². The van der Waals surface area contributed by atoms with Crippen molar-refractivity contribution in [3.05, 3.63) is 30.0 Å². The Morgan fingerprint density at radius 1 is 1.47 bits per heavy atom. The van der Waals surface area contributed by atoms with Crippen LogP contribution >= 0.6 is 0 Å². The fourth-order valence-electron chi connectivity index (χ4n) is 1.47. The van der Waals surface area contributed by atoms with Crippen molar-refractivity contribution in [2.24, 2.45) is 12.0 Å². The maximum atomic E-state index is 11.4. The number of rotatable bonds is 1. The summed E-state index contributed by atoms with van der Waals surface area (Å²) in [6.07, 6.45) is 1.22. The molecule has 0 N–H and O–H groups in total. The van der Waals surface area contributed by atoms with E-state index in [0.29, 0.717) is 5.39 Å². The van der Waals surface area contributed by atoms with E-state index in [1.54, 1.807) is 23.9 Å². The molecule has 1 aromatic carbocycles. The predicted molar refractivity (Wildman–Crippen MR) is 53.2 cm³/mol. The van der Waals surface area contributed by atoms with Gasteiger partial charge in [0.25, 0.3) is 0 Å². The number of amides is 1. The number of para-hydroxylation sites is 1. The first-order chi connectivity index (χ1) is 7.24. The summed E-state index contributed by atoms with van der Waals surface area (Å²) in [5.41, 5.74) is 0.999. The Morgan fingerprint density at radius 3 is 2.93 bits per heavy atom. The van der Waals surface area contributed by atoms with Gasteiger partial charge in [0.05, 0.1) is 5.52 Å². The molecule has 15 heavy (non-hydrogen) atoms. The molecular formula is C10H7N3O2. The highest BCUT2D eigenvalue weighted by molar-refractivity contribution is 6.06. The van der Waals surface area contributed by atoms with Gasteiger partial charge in [-0.05, 0) is 6.07 Å². The van der Waals surface area contributed by atoms with Gasteiger partial charge in [-0.2, -0.15) is 5.10 Å². The second kappa shape index (κ2) is 3.48. The molecule has 0 aliphatic carbocycles. The van der Waals surface area contributed by atoms with Crippen LogP contribution in [0.4, 0.5) is 0 Å². The zero-order valence-corrected chi connectivity index (χ0v) is 7.97. The fourth-order valence-corrected chi connectivity index (χ4v) is 1.47. The summed E-state index contributed by atoms with van der Waals surface area (Å²) in [5, 5.41) is 4.69. The lowest BCUT2D eigenvalue weighted by Gasteiger charge is -1.90. The minimum Gasteiger partial charge on any atom is -0.267 e. The summed E-state index contributed by atoms with van der Waals surface area (Å²) in [4.78, 5) is 24.4. The molecular weight excluding hydrogens is 194 g/mol. The van der Waals surface area contributed by atoms with Gasteiger partial charge in [0.1, 0.15) is 0 Å². The van der Waals surface area contributed by atoms with Crippen LogP contribution in [0.1, 0.15) is 10.5 Å². The van der Waals surface area contributed by atoms with Gasteiger partial charge < -0.3 is 0 Å². The van der Waals surface area contributed by atoms with Crippen molar-refractivity contribution in [1.29, 1.82) is 0 Å². The van der Waals surface area contributed by atoms with Gasteiger partial charge in [0.2, 0.25) is 6.08 Å². The number of nitrogens with zero attached hydrogens (tertiary/aromatic N) is 3. The molecule has 0 radical (unpaired) electrons. The van der Waals surface area contributed by atoms with E-state index in [2.05, 4.69) is 10.1 Å². The van der Waals surface area contributed by atoms with Crippen LogP contribution < -0.4 is 0 Å². The summed E-state index contributed by atoms with van der Waals surface area (Å²) in [6.45, 7) is 0. The average molecular weight is 201 g/mol. The summed E-state index contributed by atoms with van der Waals surface area (Å²) in [6, 6.07) is 7.24. The number of hydrogen-bond acceptors (Lipinski definition) is 3. The Labute approximate surface area is 85.0 Å². The smallest absolute Gasteiger partial charge is 0.267 e. The average Bonchev–Trinajstić information content (AvgIpc) is 2.58. The van der Waals surface area contributed by atoms with E-state index in [-0.39, 0.29) is 5.69 Å². The normalized spacial score (nSPS) is 9.93. The van der Waals surface area contributed by atoms with Crippen molar-refractivity contribution < 1.29 is 9.59 Å². The second-order valence-corrected chi connectivity index (χ2v) is 3.00. The monoisotopic (exact) mass is 201 g/mol. The Kier molecular flexibility index (Phi) is 2.15. The highest BCUT2D eigenvalue weighted by Gasteiger charge is 2.14. The van der Waals surface area contributed by atoms with Gasteiger partial charge in [-0.25, -0.2) is 4.79 Å². The van der Waals surface area contributed by atoms with E-state index in [4.69, 9.17) is 0 Å². The van der Waals surface area contributed by atoms with Crippen molar-refractivity contribution in [1.82, 2.24) is 9.78 Å². The number of fused-ring (bicyclic) bond motifs is 1. The first-order valence-electron chi connectivity index (χ1n) is 4.28. The maximum absolute atomic E-state index is 11.4. The highest BCUT2D eigenvalue weighted by atomic mass is 16.2. The molecule has 0 saturated heterocycles. The quantitative estimate of drug-likeness (QED) is 0.511. The van der Waals surface area contributed by atoms with Gasteiger partial charge >= 0.3 is 5.91 Å². The summed E-state index contributed by atoms with van der Waals surface area (Å²) < 4.78 is 1.57. The number of aromatic nitrogens is 2. The molecule has 0 aliphatic rings. The predicted octanol–water partition coefficient (Wildman–Crippen LogP) is 1.05. The third-order valence-electron chi connectivity index (χ3n) is 2.11. The number of hydrogen-bond donors (Lipinski definition) is 0. The minimum absolute atomic E-state index is 0.177. The summed E-state index contributed by atoms with van der Waals surface area (Å²) in [7, 11) is 1.73. The molecule has 2 aromatic rings. The van der Waals surface area contributed by atoms with Gasteiger partial charge in [0, 0.05) is 12.4 Å². The standard InChI is InChI=1S/C10H7N3O2/c1-13-8-5-3-2-4-7(8)9(12-13)10(15)11-6-14/h2-5H,1H3. The van der Waals surface area contributed by atoms with E-state index in [9.17, 15) is 9.59 Å². The number of carbonyl (C=O) groups is 1. The number of aliphatic imine (C=N–C) groups is 1. The molecule has 5 nitrogen and oxygen atoms in total.